The summed E-state index contributed by atoms with van der Waals surface area (Å²) in [7, 11) is -3.44. The zero-order valence-corrected chi connectivity index (χ0v) is 55.4. The first-order chi connectivity index (χ1) is 45.2. The number of carbonyl (C=O) groups excluding carboxylic acids is 5. The number of pyridine rings is 4. The summed E-state index contributed by atoms with van der Waals surface area (Å²) in [6, 6.07) is 34.0. The van der Waals surface area contributed by atoms with Crippen molar-refractivity contribution in [3.8, 4) is 22.8 Å². The number of hydrogen-bond donors (Lipinski definition) is 2. The third-order valence-electron chi connectivity index (χ3n) is 18.8. The Morgan fingerprint density at radius 3 is 1.72 bits per heavy atom. The second-order valence-corrected chi connectivity index (χ2v) is 36.5. The molecule has 24 heteroatoms. The van der Waals surface area contributed by atoms with Crippen molar-refractivity contribution in [3.05, 3.63) is 192 Å². The van der Waals surface area contributed by atoms with E-state index in [1.54, 1.807) is 41.2 Å². The van der Waals surface area contributed by atoms with Crippen molar-refractivity contribution in [1.29, 1.82) is 0 Å². The van der Waals surface area contributed by atoms with Crippen LogP contribution >= 0.6 is 0 Å². The molecular formula is C70H74N6O16Si2. The Bertz CT molecular complexity index is 4470. The van der Waals surface area contributed by atoms with Crippen molar-refractivity contribution >= 4 is 68.0 Å². The Balaban J connectivity index is 0.000000185. The number of aromatic nitrogens is 5. The van der Waals surface area contributed by atoms with Crippen molar-refractivity contribution < 1.29 is 66.9 Å². The van der Waals surface area contributed by atoms with Crippen LogP contribution in [0.15, 0.2) is 129 Å². The largest absolute Gasteiger partial charge is 0.510 e. The molecule has 5 aliphatic heterocycles. The first kappa shape index (κ1) is 64.7. The van der Waals surface area contributed by atoms with Crippen LogP contribution in [0.2, 0.25) is 50.4 Å². The minimum Gasteiger partial charge on any atom is -0.460 e. The van der Waals surface area contributed by atoms with E-state index in [9.17, 15) is 38.7 Å². The Kier molecular flexibility index (Phi) is 18.3. The van der Waals surface area contributed by atoms with Gasteiger partial charge in [0.05, 0.1) is 84.0 Å². The number of fused-ring (bicyclic) bond motifs is 10. The number of nitrogens with zero attached hydrogens (tertiary/aromatic N) is 5. The first-order valence-electron chi connectivity index (χ1n) is 31.9. The summed E-state index contributed by atoms with van der Waals surface area (Å²) in [5, 5.41) is 16.9. The lowest BCUT2D eigenvalue weighted by Crippen LogP contribution is -2.47. The van der Waals surface area contributed by atoms with Crippen LogP contribution in [-0.2, 0) is 105 Å². The maximum atomic E-state index is 14.2. The SMILES string of the molecule is CC[C@@]1(O)C(=O)OCc2c1cc1n(c2=O)Cc2c-1nc1ccccc1c2CC[Si](C)(C)CCCOC(=O)C1=CCNO1.CC[C@@]1(OC(=O)OCc2ccccc2)C(=O)OCc2c1cc1n(c2=O)Cc2c-1nc1ccccc1c2CC[Si](C)(C)CCCOC(=O)c1ccno1. The van der Waals surface area contributed by atoms with Crippen LogP contribution < -0.4 is 16.6 Å². The average Bonchev–Trinajstić information content (AvgIpc) is 1.54. The van der Waals surface area contributed by atoms with Gasteiger partial charge < -0.3 is 52.0 Å². The summed E-state index contributed by atoms with van der Waals surface area (Å²) in [6.07, 6.45) is 5.31. The van der Waals surface area contributed by atoms with Gasteiger partial charge in [0.25, 0.3) is 11.1 Å². The molecule has 0 unspecified atom stereocenters. The fraction of sp³-hybridized carbons (Fsp3) is 0.371. The summed E-state index contributed by atoms with van der Waals surface area (Å²) in [5.74, 6) is -2.14. The molecule has 0 saturated carbocycles. The van der Waals surface area contributed by atoms with E-state index in [2.05, 4.69) is 49.0 Å². The van der Waals surface area contributed by atoms with Gasteiger partial charge >= 0.3 is 30.0 Å². The molecule has 5 aromatic heterocycles. The highest BCUT2D eigenvalue weighted by Crippen LogP contribution is 2.44. The highest BCUT2D eigenvalue weighted by Gasteiger charge is 2.51. The molecule has 0 aliphatic carbocycles. The number of nitrogens with one attached hydrogen (secondary N) is 1. The maximum Gasteiger partial charge on any atom is 0.510 e. The summed E-state index contributed by atoms with van der Waals surface area (Å²) < 4.78 is 40.9. The van der Waals surface area contributed by atoms with E-state index in [4.69, 9.17) is 47.7 Å². The molecule has 13 rings (SSSR count). The van der Waals surface area contributed by atoms with E-state index in [-0.39, 0.29) is 60.9 Å². The summed E-state index contributed by atoms with van der Waals surface area (Å²) in [6.45, 7) is 14.2. The molecule has 5 aliphatic rings. The molecule has 488 valence electrons. The van der Waals surface area contributed by atoms with Crippen molar-refractivity contribution in [2.75, 3.05) is 19.8 Å². The molecule has 2 atom stereocenters. The molecule has 0 saturated heterocycles. The number of hydrogen-bond acceptors (Lipinski definition) is 20. The van der Waals surface area contributed by atoms with Crippen molar-refractivity contribution in [3.63, 3.8) is 0 Å². The van der Waals surface area contributed by atoms with Crippen LogP contribution in [0.4, 0.5) is 4.79 Å². The number of rotatable bonds is 21. The number of aliphatic hydroxyl groups is 1. The molecule has 0 radical (unpaired) electrons. The zero-order chi connectivity index (χ0) is 66.1. The Labute approximate surface area is 543 Å². The predicted molar refractivity (Wildman–Crippen MR) is 350 cm³/mol. The lowest BCUT2D eigenvalue weighted by atomic mass is 9.85. The number of benzene rings is 3. The molecule has 0 bridgehead atoms. The lowest BCUT2D eigenvalue weighted by Gasteiger charge is -2.35. The second-order valence-electron chi connectivity index (χ2n) is 25.9. The summed E-state index contributed by atoms with van der Waals surface area (Å²) >= 11 is 0. The van der Waals surface area contributed by atoms with E-state index in [1.165, 1.54) is 17.8 Å². The van der Waals surface area contributed by atoms with E-state index >= 15 is 0 Å². The first-order valence-corrected chi connectivity index (χ1v) is 38.7. The van der Waals surface area contributed by atoms with Gasteiger partial charge in [-0.15, -0.1) is 0 Å². The van der Waals surface area contributed by atoms with Crippen molar-refractivity contribution in [2.24, 2.45) is 0 Å². The molecule has 0 spiro atoms. The molecule has 22 nitrogen and oxygen atoms in total. The van der Waals surface area contributed by atoms with Crippen molar-refractivity contribution in [2.45, 2.75) is 147 Å². The molecule has 0 fully saturated rings. The number of cyclic esters (lactones) is 2. The number of carbonyl (C=O) groups is 5. The van der Waals surface area contributed by atoms with Gasteiger partial charge in [-0.05, 0) is 85.6 Å². The van der Waals surface area contributed by atoms with Gasteiger partial charge in [0.15, 0.2) is 5.60 Å². The highest BCUT2D eigenvalue weighted by molar-refractivity contribution is 6.77. The fourth-order valence-corrected chi connectivity index (χ4v) is 17.9. The van der Waals surface area contributed by atoms with Gasteiger partial charge in [0.2, 0.25) is 17.1 Å². The van der Waals surface area contributed by atoms with Crippen LogP contribution in [0, 0.1) is 0 Å². The number of ether oxygens (including phenoxy) is 6. The molecular weight excluding hydrogens is 1240 g/mol. The topological polar surface area (TPSA) is 278 Å². The summed E-state index contributed by atoms with van der Waals surface area (Å²) in [4.78, 5) is 106. The lowest BCUT2D eigenvalue weighted by molar-refractivity contribution is -0.175. The Hall–Kier alpha value is -9.37. The number of aryl methyl sites for hydroxylation is 2. The quantitative estimate of drug-likeness (QED) is 0.0293. The monoisotopic (exact) mass is 1310 g/mol. The molecule has 94 heavy (non-hydrogen) atoms. The van der Waals surface area contributed by atoms with Gasteiger partial charge in [-0.2, -0.15) is 5.48 Å². The van der Waals surface area contributed by atoms with Gasteiger partial charge in [0.1, 0.15) is 19.8 Å². The van der Waals surface area contributed by atoms with Gasteiger partial charge in [-0.3, -0.25) is 9.59 Å². The standard InChI is InChI=1S/C39H39N3O9Si.C31H35N3O7Si/c1-4-39(50-38(46)49-23-25-11-6-5-7-12-25)30-21-32-34-28(22-42(32)35(43)29(30)24-48-37(39)45)26(27-13-8-9-14-31(27)41-34)16-20-52(2,3)19-10-18-47-36(44)33-15-17-40-51-33;1-4-31(38)23-16-25-27-21(17-34(25)28(35)22(23)18-40-30(31)37)19(20-8-5-6-9-24(20)33-27)11-15-42(2,3)14-7-13-39-29(36)26-10-12-32-41-26/h5-9,11-15,17,21H,4,10,16,18-20,22-24H2,1-3H3;5-6,8-10,16,32,38H,4,7,11-15,17-18H2,1-3H3/t39-;31-/m00/s1. The normalized spacial score (nSPS) is 17.4. The molecule has 3 aromatic carbocycles. The van der Waals surface area contributed by atoms with E-state index in [1.807, 2.05) is 66.7 Å². The second kappa shape index (κ2) is 26.6. The van der Waals surface area contributed by atoms with Crippen LogP contribution in [0.3, 0.4) is 0 Å². The third-order valence-corrected chi connectivity index (χ3v) is 25.4. The Morgan fingerprint density at radius 1 is 0.638 bits per heavy atom. The average molecular weight is 1310 g/mol. The van der Waals surface area contributed by atoms with E-state index in [0.29, 0.717) is 66.6 Å². The zero-order valence-electron chi connectivity index (χ0n) is 53.4. The van der Waals surface area contributed by atoms with Gasteiger partial charge in [0, 0.05) is 55.2 Å². The number of para-hydroxylation sites is 2. The minimum atomic E-state index is -1.86. The smallest absolute Gasteiger partial charge is 0.460 e. The highest BCUT2D eigenvalue weighted by atomic mass is 28.3. The van der Waals surface area contributed by atoms with Gasteiger partial charge in [-0.1, -0.05) is 136 Å². The number of hydroxylamine groups is 1. The molecule has 0 amide bonds. The van der Waals surface area contributed by atoms with E-state index in [0.717, 1.165) is 99.6 Å². The summed E-state index contributed by atoms with van der Waals surface area (Å²) in [5.41, 5.74) is 8.80. The van der Waals surface area contributed by atoms with Gasteiger partial charge in [-0.25, -0.2) is 33.9 Å². The Morgan fingerprint density at radius 2 is 1.18 bits per heavy atom. The van der Waals surface area contributed by atoms with Crippen LogP contribution in [0.1, 0.15) is 100 Å². The van der Waals surface area contributed by atoms with E-state index < -0.39 is 57.4 Å². The fourth-order valence-electron chi connectivity index (χ4n) is 13.3. The molecule has 2 N–H and O–H groups in total. The molecule has 10 heterocycles. The number of esters is 4. The minimum absolute atomic E-state index is 0.0321. The molecule has 8 aromatic rings. The van der Waals surface area contributed by atoms with Crippen LogP contribution in [0.5, 0.6) is 0 Å². The predicted octanol–water partition coefficient (Wildman–Crippen LogP) is 10.6. The van der Waals surface area contributed by atoms with Crippen LogP contribution in [0.25, 0.3) is 44.6 Å². The maximum absolute atomic E-state index is 14.2. The van der Waals surface area contributed by atoms with Crippen LogP contribution in [-0.4, -0.2) is 95.3 Å². The van der Waals surface area contributed by atoms with Crippen molar-refractivity contribution in [1.82, 2.24) is 29.7 Å². The third kappa shape index (κ3) is 12.7.